The van der Waals surface area contributed by atoms with Gasteiger partial charge >= 0.3 is 7.82 Å². The molecule has 2 aliphatic heterocycles. The summed E-state index contributed by atoms with van der Waals surface area (Å²) in [5, 5.41) is 68.0. The van der Waals surface area contributed by atoms with Gasteiger partial charge in [0.05, 0.1) is 13.2 Å². The van der Waals surface area contributed by atoms with Crippen LogP contribution in [0.5, 0.6) is 0 Å². The topological polar surface area (TPSA) is 236 Å². The van der Waals surface area contributed by atoms with E-state index < -0.39 is 82.4 Å². The Balaban J connectivity index is 0.00000392. The largest absolute Gasteiger partial charge is 0.472 e. The first-order valence-corrected chi connectivity index (χ1v) is 9.35. The SMILES string of the molecule is O=P(O)(O)OC1OC(CO)C(OC2OC(CO)C(O)C(O)C2O)C(O)C1O.[K]. The first-order valence-electron chi connectivity index (χ1n) is 7.82. The van der Waals surface area contributed by atoms with Gasteiger partial charge in [-0.15, -0.1) is 0 Å². The van der Waals surface area contributed by atoms with Gasteiger partial charge < -0.3 is 59.7 Å². The summed E-state index contributed by atoms with van der Waals surface area (Å²) in [5.41, 5.74) is 0. The Labute approximate surface area is 201 Å². The second-order valence-corrected chi connectivity index (χ2v) is 7.29. The molecule has 2 aliphatic rings. The normalized spacial score (nSPS) is 44.8. The van der Waals surface area contributed by atoms with Gasteiger partial charge in [0, 0.05) is 51.4 Å². The molecule has 28 heavy (non-hydrogen) atoms. The molecular weight excluding hydrogens is 438 g/mol. The van der Waals surface area contributed by atoms with Crippen LogP contribution in [-0.2, 0) is 23.3 Å². The van der Waals surface area contributed by atoms with E-state index in [1.54, 1.807) is 0 Å². The fraction of sp³-hybridized carbons (Fsp3) is 1.00. The maximum absolute atomic E-state index is 10.9. The molecule has 2 heterocycles. The van der Waals surface area contributed by atoms with E-state index in [0.29, 0.717) is 0 Å². The van der Waals surface area contributed by atoms with Crippen LogP contribution in [0.2, 0.25) is 0 Å². The minimum atomic E-state index is -5.10. The van der Waals surface area contributed by atoms with Gasteiger partial charge in [0.15, 0.2) is 12.6 Å². The van der Waals surface area contributed by atoms with Crippen molar-refractivity contribution in [3.05, 3.63) is 0 Å². The van der Waals surface area contributed by atoms with Crippen LogP contribution in [0, 0.1) is 0 Å². The van der Waals surface area contributed by atoms with E-state index in [-0.39, 0.29) is 51.4 Å². The Bertz CT molecular complexity index is 530. The molecule has 10 unspecified atom stereocenters. The standard InChI is InChI=1S/C12H23O14P.K/c13-1-3-5(15)6(16)8(18)11(23-3)25-10-4(2-14)24-12(9(19)7(10)17)26-27(20,21)22;/h3-19H,1-2H2,(H2,20,21,22);. The van der Waals surface area contributed by atoms with E-state index >= 15 is 0 Å². The summed E-state index contributed by atoms with van der Waals surface area (Å²) in [6, 6.07) is 0. The van der Waals surface area contributed by atoms with Crippen molar-refractivity contribution in [3.63, 3.8) is 0 Å². The number of hydrogen-bond donors (Lipinski definition) is 9. The fourth-order valence-electron chi connectivity index (χ4n) is 2.78. The Morgan fingerprint density at radius 3 is 1.75 bits per heavy atom. The van der Waals surface area contributed by atoms with Gasteiger partial charge in [-0.2, -0.15) is 0 Å². The molecule has 16 heteroatoms. The molecule has 0 aromatic carbocycles. The minimum Gasteiger partial charge on any atom is -0.394 e. The van der Waals surface area contributed by atoms with Crippen molar-refractivity contribution in [1.29, 1.82) is 0 Å². The third-order valence-electron chi connectivity index (χ3n) is 4.20. The molecule has 0 saturated carbocycles. The second kappa shape index (κ2) is 11.3. The van der Waals surface area contributed by atoms with Crippen LogP contribution < -0.4 is 0 Å². The van der Waals surface area contributed by atoms with Crippen LogP contribution in [0.25, 0.3) is 0 Å². The molecule has 9 N–H and O–H groups in total. The molecule has 161 valence electrons. The maximum atomic E-state index is 10.9. The van der Waals surface area contributed by atoms with Crippen molar-refractivity contribution in [2.24, 2.45) is 0 Å². The van der Waals surface area contributed by atoms with Gasteiger partial charge in [0.2, 0.25) is 0 Å². The Morgan fingerprint density at radius 2 is 1.25 bits per heavy atom. The van der Waals surface area contributed by atoms with Crippen LogP contribution in [0.3, 0.4) is 0 Å². The van der Waals surface area contributed by atoms with E-state index in [4.69, 9.17) is 29.1 Å². The number of ether oxygens (including phenoxy) is 3. The Morgan fingerprint density at radius 1 is 0.750 bits per heavy atom. The molecule has 0 aromatic rings. The molecule has 0 aliphatic carbocycles. The van der Waals surface area contributed by atoms with Gasteiger partial charge in [0.25, 0.3) is 0 Å². The van der Waals surface area contributed by atoms with Crippen molar-refractivity contribution < 1.29 is 68.8 Å². The summed E-state index contributed by atoms with van der Waals surface area (Å²) < 4.78 is 30.4. The number of aliphatic hydroxyl groups excluding tert-OH is 7. The first kappa shape index (κ1) is 27.4. The molecule has 0 spiro atoms. The molecular formula is C12H23KO14P. The quantitative estimate of drug-likeness (QED) is 0.132. The minimum absolute atomic E-state index is 0. The van der Waals surface area contributed by atoms with Crippen molar-refractivity contribution in [1.82, 2.24) is 0 Å². The average Bonchev–Trinajstić information content (AvgIpc) is 2.60. The molecule has 2 fully saturated rings. The number of phosphoric ester groups is 1. The zero-order valence-electron chi connectivity index (χ0n) is 14.7. The summed E-state index contributed by atoms with van der Waals surface area (Å²) in [4.78, 5) is 17.6. The molecule has 1 radical (unpaired) electrons. The zero-order valence-corrected chi connectivity index (χ0v) is 18.7. The summed E-state index contributed by atoms with van der Waals surface area (Å²) in [6.45, 7) is -1.59. The molecule has 2 rings (SSSR count). The summed E-state index contributed by atoms with van der Waals surface area (Å²) in [6.07, 6.45) is -17.3. The predicted octanol–water partition coefficient (Wildman–Crippen LogP) is -5.66. The van der Waals surface area contributed by atoms with E-state index in [2.05, 4.69) is 4.52 Å². The number of aliphatic hydroxyl groups is 7. The van der Waals surface area contributed by atoms with Gasteiger partial charge in [-0.1, -0.05) is 0 Å². The predicted molar refractivity (Wildman–Crippen MR) is 85.3 cm³/mol. The third kappa shape index (κ3) is 6.43. The van der Waals surface area contributed by atoms with E-state index in [9.17, 15) is 35.2 Å². The average molecular weight is 461 g/mol. The van der Waals surface area contributed by atoms with Crippen LogP contribution in [-0.4, -0.2) is 172 Å². The van der Waals surface area contributed by atoms with E-state index in [0.717, 1.165) is 0 Å². The van der Waals surface area contributed by atoms with Gasteiger partial charge in [-0.05, 0) is 0 Å². The van der Waals surface area contributed by atoms with Crippen LogP contribution in [0.1, 0.15) is 0 Å². The van der Waals surface area contributed by atoms with E-state index in [1.807, 2.05) is 0 Å². The van der Waals surface area contributed by atoms with Crippen molar-refractivity contribution in [2.45, 2.75) is 61.4 Å². The Hall–Kier alpha value is 1.35. The molecule has 0 aromatic heterocycles. The molecule has 10 atom stereocenters. The number of phosphoric acid groups is 1. The molecule has 2 saturated heterocycles. The summed E-state index contributed by atoms with van der Waals surface area (Å²) in [5.74, 6) is 0. The van der Waals surface area contributed by atoms with Crippen molar-refractivity contribution >= 4 is 59.2 Å². The fourth-order valence-corrected chi connectivity index (χ4v) is 3.22. The van der Waals surface area contributed by atoms with Crippen molar-refractivity contribution in [3.8, 4) is 0 Å². The molecule has 14 nitrogen and oxygen atoms in total. The second-order valence-electron chi connectivity index (χ2n) is 6.10. The smallest absolute Gasteiger partial charge is 0.394 e. The third-order valence-corrected chi connectivity index (χ3v) is 4.68. The number of rotatable bonds is 6. The van der Waals surface area contributed by atoms with Crippen molar-refractivity contribution in [2.75, 3.05) is 13.2 Å². The molecule has 0 bridgehead atoms. The molecule has 0 amide bonds. The number of hydrogen-bond acceptors (Lipinski definition) is 12. The van der Waals surface area contributed by atoms with Gasteiger partial charge in [0.1, 0.15) is 48.8 Å². The summed E-state index contributed by atoms with van der Waals surface area (Å²) >= 11 is 0. The van der Waals surface area contributed by atoms with Gasteiger partial charge in [-0.3, -0.25) is 4.52 Å². The van der Waals surface area contributed by atoms with E-state index in [1.165, 1.54) is 0 Å². The Kier molecular flexibility index (Phi) is 11.0. The summed E-state index contributed by atoms with van der Waals surface area (Å²) in [7, 11) is -5.10. The first-order chi connectivity index (χ1) is 12.5. The maximum Gasteiger partial charge on any atom is 0.472 e. The van der Waals surface area contributed by atoms with Crippen LogP contribution in [0.4, 0.5) is 0 Å². The van der Waals surface area contributed by atoms with Crippen LogP contribution in [0.15, 0.2) is 0 Å². The monoisotopic (exact) mass is 461 g/mol. The zero-order chi connectivity index (χ0) is 20.5. The van der Waals surface area contributed by atoms with Crippen LogP contribution >= 0.6 is 7.82 Å². The van der Waals surface area contributed by atoms with Gasteiger partial charge in [-0.25, -0.2) is 4.57 Å².